The fraction of sp³-hybridized carbons (Fsp3) is 0.455. The van der Waals surface area contributed by atoms with Gasteiger partial charge in [0.05, 0.1) is 11.0 Å². The van der Waals surface area contributed by atoms with Crippen LogP contribution in [-0.2, 0) is 10.0 Å². The predicted octanol–water partition coefficient (Wildman–Crippen LogP) is 0.885. The third kappa shape index (κ3) is 3.78. The van der Waals surface area contributed by atoms with Crippen molar-refractivity contribution in [1.29, 1.82) is 0 Å². The van der Waals surface area contributed by atoms with Crippen LogP contribution in [0.5, 0.6) is 0 Å². The first-order valence-corrected chi connectivity index (χ1v) is 6.83. The smallest absolute Gasteiger partial charge is 0.253 e. The standard InChI is InChI=1S/C11H18N2O3S/c1-4-11(14)9-6-5-7-10(8-9)17(15,16)12-13(2)3/h5-8,11-12,14H,4H2,1-3H3. The molecular weight excluding hydrogens is 240 g/mol. The molecule has 1 unspecified atom stereocenters. The SMILES string of the molecule is CCC(O)c1cccc(S(=O)(=O)NN(C)C)c1. The Morgan fingerprint density at radius 2 is 2.06 bits per heavy atom. The van der Waals surface area contributed by atoms with Crippen LogP contribution in [0.15, 0.2) is 29.2 Å². The molecule has 0 aliphatic heterocycles. The molecule has 17 heavy (non-hydrogen) atoms. The number of aliphatic hydroxyl groups excluding tert-OH is 1. The first kappa shape index (κ1) is 14.1. The summed E-state index contributed by atoms with van der Waals surface area (Å²) in [7, 11) is -0.360. The summed E-state index contributed by atoms with van der Waals surface area (Å²) in [6, 6.07) is 6.32. The van der Waals surface area contributed by atoms with Gasteiger partial charge in [-0.3, -0.25) is 0 Å². The highest BCUT2D eigenvalue weighted by Gasteiger charge is 2.16. The zero-order chi connectivity index (χ0) is 13.1. The molecule has 0 bridgehead atoms. The topological polar surface area (TPSA) is 69.6 Å². The number of rotatable bonds is 5. The molecule has 0 amide bonds. The lowest BCUT2D eigenvalue weighted by molar-refractivity contribution is 0.173. The molecule has 1 atom stereocenters. The van der Waals surface area contributed by atoms with E-state index in [9.17, 15) is 13.5 Å². The van der Waals surface area contributed by atoms with Crippen molar-refractivity contribution in [3.8, 4) is 0 Å². The molecule has 5 nitrogen and oxygen atoms in total. The Hall–Kier alpha value is -0.950. The number of hydrogen-bond donors (Lipinski definition) is 2. The molecule has 0 heterocycles. The lowest BCUT2D eigenvalue weighted by Gasteiger charge is -2.14. The van der Waals surface area contributed by atoms with Gasteiger partial charge in [-0.15, -0.1) is 4.83 Å². The van der Waals surface area contributed by atoms with Gasteiger partial charge in [-0.2, -0.15) is 0 Å². The van der Waals surface area contributed by atoms with Gasteiger partial charge < -0.3 is 5.11 Å². The normalized spacial score (nSPS) is 13.9. The monoisotopic (exact) mass is 258 g/mol. The first-order valence-electron chi connectivity index (χ1n) is 5.34. The molecule has 0 aromatic heterocycles. The number of hydrogen-bond acceptors (Lipinski definition) is 4. The summed E-state index contributed by atoms with van der Waals surface area (Å²) < 4.78 is 23.7. The summed E-state index contributed by atoms with van der Waals surface area (Å²) >= 11 is 0. The summed E-state index contributed by atoms with van der Waals surface area (Å²) in [4.78, 5) is 2.49. The maximum Gasteiger partial charge on any atom is 0.253 e. The Kier molecular flexibility index (Phi) is 4.64. The Morgan fingerprint density at radius 1 is 1.41 bits per heavy atom. The van der Waals surface area contributed by atoms with E-state index in [2.05, 4.69) is 4.83 Å². The van der Waals surface area contributed by atoms with E-state index in [0.717, 1.165) is 0 Å². The van der Waals surface area contributed by atoms with Gasteiger partial charge in [0.1, 0.15) is 0 Å². The molecule has 1 aromatic carbocycles. The van der Waals surface area contributed by atoms with Crippen LogP contribution in [0.2, 0.25) is 0 Å². The molecule has 0 aliphatic carbocycles. The number of hydrazine groups is 1. The molecule has 2 N–H and O–H groups in total. The molecule has 0 saturated heterocycles. The van der Waals surface area contributed by atoms with Gasteiger partial charge in [0.15, 0.2) is 0 Å². The van der Waals surface area contributed by atoms with Gasteiger partial charge in [0.25, 0.3) is 10.0 Å². The van der Waals surface area contributed by atoms with E-state index in [-0.39, 0.29) is 4.90 Å². The van der Waals surface area contributed by atoms with E-state index >= 15 is 0 Å². The molecule has 96 valence electrons. The second-order valence-electron chi connectivity index (χ2n) is 3.99. The average Bonchev–Trinajstić information content (AvgIpc) is 2.26. The Labute approximate surface area is 102 Å². The lowest BCUT2D eigenvalue weighted by atomic mass is 10.1. The number of sulfonamides is 1. The van der Waals surface area contributed by atoms with Crippen LogP contribution in [0.3, 0.4) is 0 Å². The first-order chi connectivity index (χ1) is 7.86. The molecule has 0 fully saturated rings. The van der Waals surface area contributed by atoms with Crippen LogP contribution >= 0.6 is 0 Å². The summed E-state index contributed by atoms with van der Waals surface area (Å²) in [5.74, 6) is 0. The van der Waals surface area contributed by atoms with E-state index in [4.69, 9.17) is 0 Å². The minimum atomic E-state index is -3.56. The van der Waals surface area contributed by atoms with Crippen LogP contribution in [-0.4, -0.2) is 32.6 Å². The highest BCUT2D eigenvalue weighted by atomic mass is 32.2. The molecule has 1 aromatic rings. The molecule has 0 aliphatic rings. The minimum absolute atomic E-state index is 0.149. The lowest BCUT2D eigenvalue weighted by Crippen LogP contribution is -2.36. The number of nitrogens with one attached hydrogen (secondary N) is 1. The molecule has 0 spiro atoms. The Morgan fingerprint density at radius 3 is 2.59 bits per heavy atom. The van der Waals surface area contributed by atoms with Crippen LogP contribution in [0.1, 0.15) is 25.0 Å². The Bertz CT molecular complexity index is 471. The van der Waals surface area contributed by atoms with E-state index < -0.39 is 16.1 Å². The average molecular weight is 258 g/mol. The van der Waals surface area contributed by atoms with Crippen molar-refractivity contribution in [2.75, 3.05) is 14.1 Å². The van der Waals surface area contributed by atoms with Crippen LogP contribution < -0.4 is 4.83 Å². The van der Waals surface area contributed by atoms with Gasteiger partial charge in [-0.05, 0) is 24.1 Å². The van der Waals surface area contributed by atoms with Gasteiger partial charge in [-0.1, -0.05) is 19.1 Å². The molecule has 1 rings (SSSR count). The molecular formula is C11H18N2O3S. The summed E-state index contributed by atoms with van der Waals surface area (Å²) in [5.41, 5.74) is 0.606. The second-order valence-corrected chi connectivity index (χ2v) is 5.65. The summed E-state index contributed by atoms with van der Waals surface area (Å²) in [6.45, 7) is 1.84. The zero-order valence-corrected chi connectivity index (χ0v) is 11.0. The number of nitrogens with zero attached hydrogens (tertiary/aromatic N) is 1. The van der Waals surface area contributed by atoms with Crippen LogP contribution in [0.25, 0.3) is 0 Å². The molecule has 6 heteroatoms. The van der Waals surface area contributed by atoms with E-state index in [1.165, 1.54) is 17.1 Å². The van der Waals surface area contributed by atoms with Crippen molar-refractivity contribution in [3.05, 3.63) is 29.8 Å². The quantitative estimate of drug-likeness (QED) is 0.769. The minimum Gasteiger partial charge on any atom is -0.388 e. The highest BCUT2D eigenvalue weighted by molar-refractivity contribution is 7.89. The maximum absolute atomic E-state index is 11.9. The molecule has 0 saturated carbocycles. The van der Waals surface area contributed by atoms with Crippen molar-refractivity contribution in [1.82, 2.24) is 9.84 Å². The van der Waals surface area contributed by atoms with Crippen LogP contribution in [0, 0.1) is 0 Å². The maximum atomic E-state index is 11.9. The second kappa shape index (κ2) is 5.59. The van der Waals surface area contributed by atoms with Gasteiger partial charge in [-0.25, -0.2) is 13.4 Å². The van der Waals surface area contributed by atoms with Crippen molar-refractivity contribution < 1.29 is 13.5 Å². The third-order valence-corrected chi connectivity index (χ3v) is 3.72. The van der Waals surface area contributed by atoms with Crippen molar-refractivity contribution in [2.45, 2.75) is 24.3 Å². The predicted molar refractivity (Wildman–Crippen MR) is 65.7 cm³/mol. The zero-order valence-electron chi connectivity index (χ0n) is 10.2. The highest BCUT2D eigenvalue weighted by Crippen LogP contribution is 2.19. The molecule has 0 radical (unpaired) electrons. The van der Waals surface area contributed by atoms with Crippen LogP contribution in [0.4, 0.5) is 0 Å². The van der Waals surface area contributed by atoms with E-state index in [0.29, 0.717) is 12.0 Å². The van der Waals surface area contributed by atoms with Crippen molar-refractivity contribution in [2.24, 2.45) is 0 Å². The third-order valence-electron chi connectivity index (χ3n) is 2.24. The van der Waals surface area contributed by atoms with E-state index in [1.54, 1.807) is 26.2 Å². The Balaban J connectivity index is 3.07. The number of aliphatic hydroxyl groups is 1. The van der Waals surface area contributed by atoms with Gasteiger partial charge >= 0.3 is 0 Å². The fourth-order valence-corrected chi connectivity index (χ4v) is 2.55. The number of benzene rings is 1. The summed E-state index contributed by atoms with van der Waals surface area (Å²) in [5, 5.41) is 11.0. The van der Waals surface area contributed by atoms with Crippen molar-refractivity contribution >= 4 is 10.0 Å². The van der Waals surface area contributed by atoms with E-state index in [1.807, 2.05) is 6.92 Å². The van der Waals surface area contributed by atoms with Gasteiger partial charge in [0, 0.05) is 14.1 Å². The van der Waals surface area contributed by atoms with Crippen molar-refractivity contribution in [3.63, 3.8) is 0 Å². The van der Waals surface area contributed by atoms with Gasteiger partial charge in [0.2, 0.25) is 0 Å². The largest absolute Gasteiger partial charge is 0.388 e. The fourth-order valence-electron chi connectivity index (χ4n) is 1.42. The summed E-state index contributed by atoms with van der Waals surface area (Å²) in [6.07, 6.45) is -0.0885.